The van der Waals surface area contributed by atoms with E-state index < -0.39 is 0 Å². The van der Waals surface area contributed by atoms with Crippen LogP contribution in [0.2, 0.25) is 5.02 Å². The highest BCUT2D eigenvalue weighted by Crippen LogP contribution is 2.27. The quantitative estimate of drug-likeness (QED) is 0.393. The number of benzene rings is 2. The van der Waals surface area contributed by atoms with E-state index >= 15 is 0 Å². The van der Waals surface area contributed by atoms with E-state index in [1.807, 2.05) is 52.0 Å². The number of carbonyl (C=O) groups is 2. The highest BCUT2D eigenvalue weighted by atomic mass is 35.5. The van der Waals surface area contributed by atoms with Crippen molar-refractivity contribution in [2.24, 2.45) is 0 Å². The molecule has 188 valence electrons. The van der Waals surface area contributed by atoms with Gasteiger partial charge in [-0.25, -0.2) is 9.48 Å². The number of urea groups is 1. The third-order valence-corrected chi connectivity index (χ3v) is 5.74. The second-order valence-electron chi connectivity index (χ2n) is 9.50. The minimum Gasteiger partial charge on any atom is -0.315 e. The molecule has 0 aliphatic rings. The van der Waals surface area contributed by atoms with Crippen LogP contribution in [0.5, 0.6) is 0 Å². The Morgan fingerprint density at radius 1 is 1.08 bits per heavy atom. The number of anilines is 2. The molecule has 9 heteroatoms. The van der Waals surface area contributed by atoms with Gasteiger partial charge in [-0.3, -0.25) is 4.79 Å². The number of halogens is 1. The SMILES string of the molecule is CCCCN(CC(=O)Nc1cc(C(C)(C)C)nn1-c1ccc(Cl)cc1)C(=O)Nc1ccc(C#N)cc1. The van der Waals surface area contributed by atoms with Crippen molar-refractivity contribution in [1.29, 1.82) is 5.26 Å². The molecule has 1 aromatic heterocycles. The van der Waals surface area contributed by atoms with Crippen molar-refractivity contribution in [2.45, 2.75) is 46.0 Å². The number of nitrogens with zero attached hydrogens (tertiary/aromatic N) is 4. The summed E-state index contributed by atoms with van der Waals surface area (Å²) in [5, 5.41) is 20.0. The molecule has 3 rings (SSSR count). The Kier molecular flexibility index (Phi) is 8.73. The smallest absolute Gasteiger partial charge is 0.315 e. The fraction of sp³-hybridized carbons (Fsp3) is 0.333. The van der Waals surface area contributed by atoms with Gasteiger partial charge in [0.15, 0.2) is 0 Å². The number of nitrogens with one attached hydrogen (secondary N) is 2. The molecule has 8 nitrogen and oxygen atoms in total. The molecule has 2 aromatic carbocycles. The maximum Gasteiger partial charge on any atom is 0.322 e. The second-order valence-corrected chi connectivity index (χ2v) is 9.93. The molecule has 0 aliphatic carbocycles. The Morgan fingerprint density at radius 2 is 1.75 bits per heavy atom. The monoisotopic (exact) mass is 506 g/mol. The number of unbranched alkanes of at least 4 members (excludes halogenated alkanes) is 1. The molecule has 0 atom stereocenters. The first-order valence-electron chi connectivity index (χ1n) is 11.8. The van der Waals surface area contributed by atoms with Crippen LogP contribution in [0.3, 0.4) is 0 Å². The minimum absolute atomic E-state index is 0.126. The third-order valence-electron chi connectivity index (χ3n) is 5.49. The van der Waals surface area contributed by atoms with Gasteiger partial charge in [0.05, 0.1) is 23.0 Å². The zero-order valence-electron chi connectivity index (χ0n) is 21.0. The van der Waals surface area contributed by atoms with Crippen LogP contribution < -0.4 is 10.6 Å². The fourth-order valence-corrected chi connectivity index (χ4v) is 3.53. The molecular formula is C27H31ClN6O2. The predicted octanol–water partition coefficient (Wildman–Crippen LogP) is 5.97. The van der Waals surface area contributed by atoms with E-state index in [1.54, 1.807) is 41.1 Å². The van der Waals surface area contributed by atoms with Crippen LogP contribution in [0.1, 0.15) is 51.8 Å². The lowest BCUT2D eigenvalue weighted by molar-refractivity contribution is -0.116. The molecule has 0 radical (unpaired) electrons. The fourth-order valence-electron chi connectivity index (χ4n) is 3.40. The maximum atomic E-state index is 13.1. The number of nitriles is 1. The van der Waals surface area contributed by atoms with Crippen LogP contribution in [0.25, 0.3) is 5.69 Å². The van der Waals surface area contributed by atoms with E-state index in [4.69, 9.17) is 22.0 Å². The maximum absolute atomic E-state index is 13.1. The number of amides is 3. The van der Waals surface area contributed by atoms with Gasteiger partial charge >= 0.3 is 6.03 Å². The predicted molar refractivity (Wildman–Crippen MR) is 143 cm³/mol. The summed E-state index contributed by atoms with van der Waals surface area (Å²) in [6.07, 6.45) is 1.63. The Balaban J connectivity index is 1.79. The number of rotatable bonds is 8. The summed E-state index contributed by atoms with van der Waals surface area (Å²) in [5.74, 6) is 0.173. The standard InChI is InChI=1S/C27H31ClN6O2/c1-5-6-15-33(26(36)30-21-11-7-19(17-29)8-12-21)18-25(35)31-24-16-23(27(2,3)4)32-34(24)22-13-9-20(28)10-14-22/h7-14,16H,5-6,15,18H2,1-4H3,(H,30,36)(H,31,35). The lowest BCUT2D eigenvalue weighted by Gasteiger charge is -2.22. The second kappa shape index (κ2) is 11.7. The molecule has 1 heterocycles. The average Bonchev–Trinajstić information content (AvgIpc) is 3.27. The average molecular weight is 507 g/mol. The highest BCUT2D eigenvalue weighted by molar-refractivity contribution is 6.30. The zero-order valence-corrected chi connectivity index (χ0v) is 21.8. The van der Waals surface area contributed by atoms with Crippen LogP contribution in [-0.4, -0.2) is 39.7 Å². The highest BCUT2D eigenvalue weighted by Gasteiger charge is 2.23. The first-order valence-corrected chi connectivity index (χ1v) is 12.2. The van der Waals surface area contributed by atoms with Crippen LogP contribution >= 0.6 is 11.6 Å². The van der Waals surface area contributed by atoms with Crippen molar-refractivity contribution in [3.8, 4) is 11.8 Å². The summed E-state index contributed by atoms with van der Waals surface area (Å²) in [6.45, 7) is 8.47. The van der Waals surface area contributed by atoms with Gasteiger partial charge in [-0.1, -0.05) is 45.7 Å². The molecule has 0 fully saturated rings. The van der Waals surface area contributed by atoms with Gasteiger partial charge in [0.1, 0.15) is 12.4 Å². The Hall–Kier alpha value is -3.83. The van der Waals surface area contributed by atoms with Crippen LogP contribution in [0, 0.1) is 11.3 Å². The number of hydrogen-bond donors (Lipinski definition) is 2. The van der Waals surface area contributed by atoms with Crippen molar-refractivity contribution in [2.75, 3.05) is 23.7 Å². The van der Waals surface area contributed by atoms with Gasteiger partial charge in [0.25, 0.3) is 0 Å². The summed E-state index contributed by atoms with van der Waals surface area (Å²) < 4.78 is 1.67. The van der Waals surface area contributed by atoms with Gasteiger partial charge in [0.2, 0.25) is 5.91 Å². The normalized spacial score (nSPS) is 11.0. The van der Waals surface area contributed by atoms with E-state index in [2.05, 4.69) is 10.6 Å². The molecule has 36 heavy (non-hydrogen) atoms. The molecule has 2 N–H and O–H groups in total. The Bertz CT molecular complexity index is 1240. The molecular weight excluding hydrogens is 476 g/mol. The number of carbonyl (C=O) groups excluding carboxylic acids is 2. The zero-order chi connectivity index (χ0) is 26.3. The number of aromatic nitrogens is 2. The summed E-state index contributed by atoms with van der Waals surface area (Å²) >= 11 is 6.05. The Labute approximate surface area is 216 Å². The third kappa shape index (κ3) is 7.09. The van der Waals surface area contributed by atoms with E-state index in [9.17, 15) is 9.59 Å². The van der Waals surface area contributed by atoms with Crippen molar-refractivity contribution < 1.29 is 9.59 Å². The summed E-state index contributed by atoms with van der Waals surface area (Å²) in [5.41, 5.74) is 2.39. The van der Waals surface area contributed by atoms with E-state index in [0.717, 1.165) is 24.2 Å². The lowest BCUT2D eigenvalue weighted by atomic mass is 9.92. The lowest BCUT2D eigenvalue weighted by Crippen LogP contribution is -2.41. The van der Waals surface area contributed by atoms with E-state index in [0.29, 0.717) is 28.6 Å². The van der Waals surface area contributed by atoms with Crippen molar-refractivity contribution in [3.63, 3.8) is 0 Å². The molecule has 3 aromatic rings. The summed E-state index contributed by atoms with van der Waals surface area (Å²) in [4.78, 5) is 27.5. The van der Waals surface area contributed by atoms with Gasteiger partial charge in [-0.2, -0.15) is 10.4 Å². The van der Waals surface area contributed by atoms with Crippen molar-refractivity contribution in [3.05, 3.63) is 70.9 Å². The van der Waals surface area contributed by atoms with Gasteiger partial charge < -0.3 is 15.5 Å². The van der Waals surface area contributed by atoms with Gasteiger partial charge in [-0.15, -0.1) is 0 Å². The van der Waals surface area contributed by atoms with E-state index in [1.165, 1.54) is 4.90 Å². The molecule has 0 spiro atoms. The molecule has 0 bridgehead atoms. The minimum atomic E-state index is -0.384. The Morgan fingerprint density at radius 3 is 2.33 bits per heavy atom. The largest absolute Gasteiger partial charge is 0.322 e. The molecule has 0 unspecified atom stereocenters. The van der Waals surface area contributed by atoms with Crippen LogP contribution in [0.4, 0.5) is 16.3 Å². The summed E-state index contributed by atoms with van der Waals surface area (Å²) in [6, 6.07) is 17.3. The van der Waals surface area contributed by atoms with Crippen LogP contribution in [0.15, 0.2) is 54.6 Å². The summed E-state index contributed by atoms with van der Waals surface area (Å²) in [7, 11) is 0. The van der Waals surface area contributed by atoms with Crippen molar-refractivity contribution in [1.82, 2.24) is 14.7 Å². The van der Waals surface area contributed by atoms with Gasteiger partial charge in [0, 0.05) is 28.7 Å². The molecule has 0 saturated heterocycles. The topological polar surface area (TPSA) is 103 Å². The van der Waals surface area contributed by atoms with Crippen molar-refractivity contribution >= 4 is 35.0 Å². The van der Waals surface area contributed by atoms with E-state index in [-0.39, 0.29) is 23.9 Å². The first-order chi connectivity index (χ1) is 17.1. The van der Waals surface area contributed by atoms with Crippen LogP contribution in [-0.2, 0) is 10.2 Å². The first kappa shape index (κ1) is 26.8. The molecule has 0 aliphatic heterocycles. The molecule has 0 saturated carbocycles. The molecule has 3 amide bonds. The number of hydrogen-bond acceptors (Lipinski definition) is 4. The van der Waals surface area contributed by atoms with Gasteiger partial charge in [-0.05, 0) is 55.0 Å².